The Morgan fingerprint density at radius 1 is 1.30 bits per heavy atom. The second kappa shape index (κ2) is 7.52. The number of esters is 2. The molecule has 1 unspecified atom stereocenters. The van der Waals surface area contributed by atoms with E-state index in [0.29, 0.717) is 22.5 Å². The molecule has 6 nitrogen and oxygen atoms in total. The summed E-state index contributed by atoms with van der Waals surface area (Å²) in [6, 6.07) is 5.44. The van der Waals surface area contributed by atoms with Gasteiger partial charge in [0.15, 0.2) is 6.10 Å². The van der Waals surface area contributed by atoms with Crippen molar-refractivity contribution in [1.82, 2.24) is 0 Å². The van der Waals surface area contributed by atoms with Crippen molar-refractivity contribution in [2.45, 2.75) is 40.2 Å². The molecule has 3 rings (SSSR count). The molecule has 1 amide bonds. The fraction of sp³-hybridized carbons (Fsp3) is 0.350. The minimum Gasteiger partial charge on any atom is -0.462 e. The maximum Gasteiger partial charge on any atom is 0.341 e. The molecule has 1 N–H and O–H groups in total. The van der Waals surface area contributed by atoms with Gasteiger partial charge in [-0.3, -0.25) is 4.79 Å². The van der Waals surface area contributed by atoms with Gasteiger partial charge >= 0.3 is 11.9 Å². The summed E-state index contributed by atoms with van der Waals surface area (Å²) in [7, 11) is 0. The highest BCUT2D eigenvalue weighted by atomic mass is 32.1. The van der Waals surface area contributed by atoms with Gasteiger partial charge in [0.05, 0.1) is 17.7 Å². The molecule has 0 saturated carbocycles. The lowest BCUT2D eigenvalue weighted by atomic mass is 9.96. The van der Waals surface area contributed by atoms with Crippen molar-refractivity contribution in [2.24, 2.45) is 0 Å². The summed E-state index contributed by atoms with van der Waals surface area (Å²) >= 11 is 1.30. The Hall–Kier alpha value is -2.67. The number of nitrogens with one attached hydrogen (secondary N) is 1. The van der Waals surface area contributed by atoms with Crippen LogP contribution in [0, 0.1) is 20.8 Å². The van der Waals surface area contributed by atoms with Gasteiger partial charge in [0, 0.05) is 11.3 Å². The van der Waals surface area contributed by atoms with Gasteiger partial charge in [0.1, 0.15) is 5.00 Å². The summed E-state index contributed by atoms with van der Waals surface area (Å²) in [6.07, 6.45) is -0.642. The van der Waals surface area contributed by atoms with E-state index in [2.05, 4.69) is 5.32 Å². The molecular formula is C20H21NO5S. The molecule has 0 aliphatic carbocycles. The first-order valence-corrected chi connectivity index (χ1v) is 9.52. The number of ether oxygens (including phenoxy) is 2. The fourth-order valence-electron chi connectivity index (χ4n) is 3.03. The van der Waals surface area contributed by atoms with Gasteiger partial charge in [0.25, 0.3) is 5.91 Å². The zero-order chi connectivity index (χ0) is 19.7. The van der Waals surface area contributed by atoms with Crippen molar-refractivity contribution in [2.75, 3.05) is 11.9 Å². The molecule has 0 bridgehead atoms. The molecule has 0 saturated heterocycles. The number of aryl methyl sites for hydroxylation is 2. The van der Waals surface area contributed by atoms with Crippen LogP contribution in [0.2, 0.25) is 0 Å². The lowest BCUT2D eigenvalue weighted by molar-refractivity contribution is -0.125. The summed E-state index contributed by atoms with van der Waals surface area (Å²) in [5, 5.41) is 3.16. The van der Waals surface area contributed by atoms with Gasteiger partial charge in [-0.1, -0.05) is 17.7 Å². The van der Waals surface area contributed by atoms with Gasteiger partial charge in [-0.2, -0.15) is 0 Å². The maximum atomic E-state index is 12.7. The highest BCUT2D eigenvalue weighted by Gasteiger charge is 2.32. The SMILES string of the molecule is CCOC(=O)c1c(NC(=O)C2Cc3cc(C)ccc3C(=O)O2)sc(C)c1C. The minimum absolute atomic E-state index is 0.247. The van der Waals surface area contributed by atoms with Crippen LogP contribution in [0.1, 0.15) is 49.2 Å². The Morgan fingerprint density at radius 3 is 2.74 bits per heavy atom. The molecule has 142 valence electrons. The largest absolute Gasteiger partial charge is 0.462 e. The summed E-state index contributed by atoms with van der Waals surface area (Å²) < 4.78 is 10.4. The van der Waals surface area contributed by atoms with Crippen LogP contribution in [0.3, 0.4) is 0 Å². The molecule has 0 fully saturated rings. The molecule has 2 aromatic rings. The summed E-state index contributed by atoms with van der Waals surface area (Å²) in [4.78, 5) is 38.1. The molecule has 7 heteroatoms. The van der Waals surface area contributed by atoms with Gasteiger partial charge in [-0.05, 0) is 44.9 Å². The maximum absolute atomic E-state index is 12.7. The highest BCUT2D eigenvalue weighted by molar-refractivity contribution is 7.16. The number of hydrogen-bond acceptors (Lipinski definition) is 6. The number of amides is 1. The monoisotopic (exact) mass is 387 g/mol. The first kappa shape index (κ1) is 19.1. The van der Waals surface area contributed by atoms with E-state index in [1.54, 1.807) is 13.0 Å². The molecule has 1 aliphatic rings. The van der Waals surface area contributed by atoms with Crippen molar-refractivity contribution in [1.29, 1.82) is 0 Å². The Labute approximate surface area is 161 Å². The Morgan fingerprint density at radius 2 is 2.04 bits per heavy atom. The standard InChI is InChI=1S/C20H21NO5S/c1-5-25-20(24)16-11(3)12(4)27-18(16)21-17(22)15-9-13-8-10(2)6-7-14(13)19(23)26-15/h6-8,15H,5,9H2,1-4H3,(H,21,22). The number of hydrogen-bond donors (Lipinski definition) is 1. The zero-order valence-corrected chi connectivity index (χ0v) is 16.5. The molecule has 0 spiro atoms. The van der Waals surface area contributed by atoms with Crippen LogP contribution >= 0.6 is 11.3 Å². The van der Waals surface area contributed by atoms with Crippen LogP contribution in [-0.2, 0) is 20.7 Å². The van der Waals surface area contributed by atoms with Crippen molar-refractivity contribution >= 4 is 34.2 Å². The zero-order valence-electron chi connectivity index (χ0n) is 15.7. The van der Waals surface area contributed by atoms with Crippen molar-refractivity contribution in [3.05, 3.63) is 50.9 Å². The number of cyclic esters (lactones) is 1. The number of carbonyl (C=O) groups excluding carboxylic acids is 3. The van der Waals surface area contributed by atoms with E-state index in [4.69, 9.17) is 9.47 Å². The molecule has 1 aromatic carbocycles. The lowest BCUT2D eigenvalue weighted by Gasteiger charge is -2.24. The van der Waals surface area contributed by atoms with E-state index < -0.39 is 23.9 Å². The predicted octanol–water partition coefficient (Wildman–Crippen LogP) is 3.57. The summed E-state index contributed by atoms with van der Waals surface area (Å²) in [5.41, 5.74) is 3.41. The normalized spacial score (nSPS) is 15.7. The molecule has 1 aromatic heterocycles. The van der Waals surface area contributed by atoms with Gasteiger partial charge in [-0.15, -0.1) is 11.3 Å². The first-order valence-electron chi connectivity index (χ1n) is 8.70. The van der Waals surface area contributed by atoms with E-state index >= 15 is 0 Å². The third kappa shape index (κ3) is 3.73. The van der Waals surface area contributed by atoms with Crippen LogP contribution in [0.5, 0.6) is 0 Å². The van der Waals surface area contributed by atoms with E-state index in [9.17, 15) is 14.4 Å². The van der Waals surface area contributed by atoms with Crippen LogP contribution in [0.4, 0.5) is 5.00 Å². The molecule has 27 heavy (non-hydrogen) atoms. The van der Waals surface area contributed by atoms with E-state index in [0.717, 1.165) is 21.6 Å². The van der Waals surface area contributed by atoms with E-state index in [1.165, 1.54) is 11.3 Å². The van der Waals surface area contributed by atoms with Crippen molar-refractivity contribution in [3.8, 4) is 0 Å². The van der Waals surface area contributed by atoms with Crippen molar-refractivity contribution in [3.63, 3.8) is 0 Å². The minimum atomic E-state index is -0.940. The molecule has 1 aliphatic heterocycles. The summed E-state index contributed by atoms with van der Waals surface area (Å²) in [5.74, 6) is -1.45. The number of benzene rings is 1. The fourth-order valence-corrected chi connectivity index (χ4v) is 4.08. The molecule has 1 atom stereocenters. The average molecular weight is 387 g/mol. The molecular weight excluding hydrogens is 366 g/mol. The lowest BCUT2D eigenvalue weighted by Crippen LogP contribution is -2.38. The van der Waals surface area contributed by atoms with Gasteiger partial charge in [-0.25, -0.2) is 9.59 Å². The summed E-state index contributed by atoms with van der Waals surface area (Å²) in [6.45, 7) is 7.59. The third-order valence-electron chi connectivity index (χ3n) is 4.53. The first-order chi connectivity index (χ1) is 12.8. The second-order valence-electron chi connectivity index (χ2n) is 6.46. The number of fused-ring (bicyclic) bond motifs is 1. The van der Waals surface area contributed by atoms with Crippen LogP contribution in [0.25, 0.3) is 0 Å². The Balaban J connectivity index is 1.83. The number of anilines is 1. The van der Waals surface area contributed by atoms with Crippen LogP contribution in [-0.4, -0.2) is 30.6 Å². The highest BCUT2D eigenvalue weighted by Crippen LogP contribution is 2.33. The van der Waals surface area contributed by atoms with E-state index in [-0.39, 0.29) is 6.61 Å². The van der Waals surface area contributed by atoms with Gasteiger partial charge < -0.3 is 14.8 Å². The topological polar surface area (TPSA) is 81.7 Å². The Bertz CT molecular complexity index is 931. The van der Waals surface area contributed by atoms with Crippen LogP contribution < -0.4 is 5.32 Å². The smallest absolute Gasteiger partial charge is 0.341 e. The predicted molar refractivity (Wildman–Crippen MR) is 102 cm³/mol. The second-order valence-corrected chi connectivity index (χ2v) is 7.68. The van der Waals surface area contributed by atoms with E-state index in [1.807, 2.05) is 32.9 Å². The third-order valence-corrected chi connectivity index (χ3v) is 5.65. The number of rotatable bonds is 4. The Kier molecular flexibility index (Phi) is 5.32. The quantitative estimate of drug-likeness (QED) is 0.811. The van der Waals surface area contributed by atoms with Crippen LogP contribution in [0.15, 0.2) is 18.2 Å². The number of thiophene rings is 1. The van der Waals surface area contributed by atoms with Crippen molar-refractivity contribution < 1.29 is 23.9 Å². The average Bonchev–Trinajstić information content (AvgIpc) is 2.88. The molecule has 0 radical (unpaired) electrons. The number of carbonyl (C=O) groups is 3. The van der Waals surface area contributed by atoms with Gasteiger partial charge in [0.2, 0.25) is 0 Å². The molecule has 2 heterocycles.